The lowest BCUT2D eigenvalue weighted by Crippen LogP contribution is -2.46. The number of hydrogen-bond acceptors (Lipinski definition) is 6. The van der Waals surface area contributed by atoms with E-state index in [1.54, 1.807) is 38.6 Å². The summed E-state index contributed by atoms with van der Waals surface area (Å²) in [5, 5.41) is 2.89. The molecular formula is C29H37N3O6. The van der Waals surface area contributed by atoms with Crippen molar-refractivity contribution >= 4 is 17.6 Å². The molecule has 0 bridgehead atoms. The number of methoxy groups -OCH3 is 3. The van der Waals surface area contributed by atoms with E-state index in [9.17, 15) is 9.59 Å². The molecule has 1 heterocycles. The smallest absolute Gasteiger partial charge is 0.322 e. The molecule has 1 aromatic heterocycles. The van der Waals surface area contributed by atoms with Crippen LogP contribution < -0.4 is 14.8 Å². The zero-order valence-electron chi connectivity index (χ0n) is 22.6. The molecule has 0 aliphatic carbocycles. The predicted octanol–water partition coefficient (Wildman–Crippen LogP) is 4.61. The summed E-state index contributed by atoms with van der Waals surface area (Å²) in [6, 6.07) is 16.6. The Hall–Kier alpha value is -3.98. The van der Waals surface area contributed by atoms with Gasteiger partial charge in [-0.1, -0.05) is 25.1 Å². The van der Waals surface area contributed by atoms with E-state index in [1.165, 1.54) is 10.5 Å². The Labute approximate surface area is 224 Å². The number of nitrogens with one attached hydrogen (secondary N) is 1. The molecule has 0 unspecified atom stereocenters. The Balaban J connectivity index is 1.72. The summed E-state index contributed by atoms with van der Waals surface area (Å²) in [5.74, 6) is 1.73. The third kappa shape index (κ3) is 8.27. The lowest BCUT2D eigenvalue weighted by Gasteiger charge is -2.27. The quantitative estimate of drug-likeness (QED) is 0.332. The Morgan fingerprint density at radius 2 is 1.63 bits per heavy atom. The number of carbonyl (C=O) groups is 2. The molecule has 0 atom stereocenters. The fourth-order valence-electron chi connectivity index (χ4n) is 3.93. The van der Waals surface area contributed by atoms with E-state index in [4.69, 9.17) is 18.6 Å². The molecule has 2 aromatic carbocycles. The maximum atomic E-state index is 13.5. The average Bonchev–Trinajstić information content (AvgIpc) is 3.46. The highest BCUT2D eigenvalue weighted by molar-refractivity contribution is 5.92. The van der Waals surface area contributed by atoms with Gasteiger partial charge in [0, 0.05) is 25.9 Å². The molecule has 9 nitrogen and oxygen atoms in total. The SMILES string of the molecule is CCc1ccc(NC(=O)N(CCOC)CC(=O)N(CCc2ccc(OC)c(OC)c2)Cc2ccco2)cc1. The van der Waals surface area contributed by atoms with Crippen LogP contribution in [0, 0.1) is 0 Å². The summed E-state index contributed by atoms with van der Waals surface area (Å²) in [6.45, 7) is 3.26. The van der Waals surface area contributed by atoms with Gasteiger partial charge in [0.2, 0.25) is 5.91 Å². The van der Waals surface area contributed by atoms with Gasteiger partial charge in [-0.25, -0.2) is 4.79 Å². The van der Waals surface area contributed by atoms with Crippen molar-refractivity contribution in [2.24, 2.45) is 0 Å². The van der Waals surface area contributed by atoms with Crippen LogP contribution in [-0.4, -0.2) is 69.3 Å². The molecule has 0 spiro atoms. The summed E-state index contributed by atoms with van der Waals surface area (Å²) in [7, 11) is 4.74. The van der Waals surface area contributed by atoms with Crippen molar-refractivity contribution in [3.8, 4) is 11.5 Å². The number of benzene rings is 2. The van der Waals surface area contributed by atoms with Crippen molar-refractivity contribution in [3.05, 3.63) is 77.7 Å². The van der Waals surface area contributed by atoms with Crippen LogP contribution in [0.4, 0.5) is 10.5 Å². The molecular weight excluding hydrogens is 486 g/mol. The number of amides is 3. The minimum absolute atomic E-state index is 0.102. The molecule has 3 rings (SSSR count). The Bertz CT molecular complexity index is 1150. The maximum absolute atomic E-state index is 13.5. The van der Waals surface area contributed by atoms with Gasteiger partial charge in [-0.2, -0.15) is 0 Å². The number of anilines is 1. The third-order valence-electron chi connectivity index (χ3n) is 6.19. The van der Waals surface area contributed by atoms with Crippen LogP contribution >= 0.6 is 0 Å². The maximum Gasteiger partial charge on any atom is 0.322 e. The van der Waals surface area contributed by atoms with Crippen LogP contribution in [0.15, 0.2) is 65.3 Å². The molecule has 0 saturated heterocycles. The molecule has 204 valence electrons. The van der Waals surface area contributed by atoms with Gasteiger partial charge in [-0.15, -0.1) is 0 Å². The number of furan rings is 1. The Kier molecular flexibility index (Phi) is 11.0. The first-order valence-electron chi connectivity index (χ1n) is 12.6. The van der Waals surface area contributed by atoms with Gasteiger partial charge < -0.3 is 33.7 Å². The fourth-order valence-corrected chi connectivity index (χ4v) is 3.93. The number of hydrogen-bond donors (Lipinski definition) is 1. The first-order valence-corrected chi connectivity index (χ1v) is 12.6. The molecule has 38 heavy (non-hydrogen) atoms. The van der Waals surface area contributed by atoms with Crippen molar-refractivity contribution in [2.75, 3.05) is 52.9 Å². The summed E-state index contributed by atoms with van der Waals surface area (Å²) in [6.07, 6.45) is 3.08. The van der Waals surface area contributed by atoms with Crippen molar-refractivity contribution in [1.82, 2.24) is 9.80 Å². The van der Waals surface area contributed by atoms with Crippen molar-refractivity contribution in [3.63, 3.8) is 0 Å². The minimum atomic E-state index is -0.363. The number of ether oxygens (including phenoxy) is 3. The van der Waals surface area contributed by atoms with E-state index >= 15 is 0 Å². The molecule has 0 aliphatic rings. The summed E-state index contributed by atoms with van der Waals surface area (Å²) in [4.78, 5) is 29.8. The van der Waals surface area contributed by atoms with Crippen LogP contribution in [0.25, 0.3) is 0 Å². The van der Waals surface area contributed by atoms with Crippen molar-refractivity contribution < 1.29 is 28.2 Å². The molecule has 0 aliphatic heterocycles. The van der Waals surface area contributed by atoms with Gasteiger partial charge in [-0.3, -0.25) is 4.79 Å². The lowest BCUT2D eigenvalue weighted by atomic mass is 10.1. The second-order valence-corrected chi connectivity index (χ2v) is 8.73. The van der Waals surface area contributed by atoms with E-state index in [-0.39, 0.29) is 31.6 Å². The molecule has 3 aromatic rings. The van der Waals surface area contributed by atoms with Gasteiger partial charge in [0.15, 0.2) is 11.5 Å². The minimum Gasteiger partial charge on any atom is -0.493 e. The molecule has 0 radical (unpaired) electrons. The van der Waals surface area contributed by atoms with Crippen LogP contribution in [0.3, 0.4) is 0 Å². The molecule has 3 amide bonds. The largest absolute Gasteiger partial charge is 0.493 e. The number of urea groups is 1. The molecule has 0 saturated carbocycles. The topological polar surface area (TPSA) is 93.5 Å². The van der Waals surface area contributed by atoms with Crippen LogP contribution in [0.5, 0.6) is 11.5 Å². The van der Waals surface area contributed by atoms with E-state index in [0.29, 0.717) is 42.5 Å². The summed E-state index contributed by atoms with van der Waals surface area (Å²) in [5.41, 5.74) is 2.84. The zero-order chi connectivity index (χ0) is 27.3. The number of rotatable bonds is 14. The van der Waals surface area contributed by atoms with Gasteiger partial charge in [-0.05, 0) is 60.4 Å². The van der Waals surface area contributed by atoms with Gasteiger partial charge >= 0.3 is 6.03 Å². The van der Waals surface area contributed by atoms with E-state index in [0.717, 1.165) is 12.0 Å². The predicted molar refractivity (Wildman–Crippen MR) is 146 cm³/mol. The molecule has 0 fully saturated rings. The monoisotopic (exact) mass is 523 g/mol. The normalized spacial score (nSPS) is 10.6. The lowest BCUT2D eigenvalue weighted by molar-refractivity contribution is -0.132. The first kappa shape index (κ1) is 28.6. The Morgan fingerprint density at radius 1 is 0.895 bits per heavy atom. The van der Waals surface area contributed by atoms with Gasteiger partial charge in [0.05, 0.1) is 33.6 Å². The second kappa shape index (κ2) is 14.7. The van der Waals surface area contributed by atoms with Crippen LogP contribution in [0.1, 0.15) is 23.8 Å². The second-order valence-electron chi connectivity index (χ2n) is 8.73. The van der Waals surface area contributed by atoms with Gasteiger partial charge in [0.1, 0.15) is 12.3 Å². The van der Waals surface area contributed by atoms with Gasteiger partial charge in [0.25, 0.3) is 0 Å². The van der Waals surface area contributed by atoms with E-state index in [2.05, 4.69) is 12.2 Å². The number of aryl methyl sites for hydroxylation is 1. The van der Waals surface area contributed by atoms with E-state index < -0.39 is 0 Å². The first-order chi connectivity index (χ1) is 18.5. The van der Waals surface area contributed by atoms with Crippen molar-refractivity contribution in [1.29, 1.82) is 0 Å². The zero-order valence-corrected chi connectivity index (χ0v) is 22.6. The van der Waals surface area contributed by atoms with E-state index in [1.807, 2.05) is 48.5 Å². The molecule has 9 heteroatoms. The van der Waals surface area contributed by atoms with Crippen LogP contribution in [0.2, 0.25) is 0 Å². The molecule has 1 N–H and O–H groups in total. The summed E-state index contributed by atoms with van der Waals surface area (Å²) < 4.78 is 21.4. The standard InChI is InChI=1S/C29H37N3O6/c1-5-22-8-11-24(12-9-22)30-29(34)32(16-18-35-2)21-28(33)31(20-25-7-6-17-38-25)15-14-23-10-13-26(36-3)27(19-23)37-4/h6-13,17,19H,5,14-16,18,20-21H2,1-4H3,(H,30,34). The Morgan fingerprint density at radius 3 is 2.26 bits per heavy atom. The average molecular weight is 524 g/mol. The highest BCUT2D eigenvalue weighted by Crippen LogP contribution is 2.27. The number of carbonyl (C=O) groups excluding carboxylic acids is 2. The fraction of sp³-hybridized carbons (Fsp3) is 0.379. The third-order valence-corrected chi connectivity index (χ3v) is 6.19. The van der Waals surface area contributed by atoms with Crippen LogP contribution in [-0.2, 0) is 28.9 Å². The number of nitrogens with zero attached hydrogens (tertiary/aromatic N) is 2. The highest BCUT2D eigenvalue weighted by Gasteiger charge is 2.22. The van der Waals surface area contributed by atoms with Crippen molar-refractivity contribution in [2.45, 2.75) is 26.3 Å². The summed E-state index contributed by atoms with van der Waals surface area (Å²) >= 11 is 0. The highest BCUT2D eigenvalue weighted by atomic mass is 16.5.